The Hall–Kier alpha value is -3.80. The summed E-state index contributed by atoms with van der Waals surface area (Å²) in [5.41, 5.74) is 6.20. The van der Waals surface area contributed by atoms with Crippen molar-refractivity contribution in [2.45, 2.75) is 37.3 Å². The Balaban J connectivity index is 1.13. The van der Waals surface area contributed by atoms with E-state index in [2.05, 4.69) is 25.6 Å². The Morgan fingerprint density at radius 3 is 1.94 bits per heavy atom. The van der Waals surface area contributed by atoms with Crippen LogP contribution < -0.4 is 10.6 Å². The molecule has 12 heteroatoms. The summed E-state index contributed by atoms with van der Waals surface area (Å²) in [5.74, 6) is 0. The molecule has 0 saturated carbocycles. The molecule has 48 heavy (non-hydrogen) atoms. The number of halogens is 2. The van der Waals surface area contributed by atoms with E-state index in [0.717, 1.165) is 61.6 Å². The summed E-state index contributed by atoms with van der Waals surface area (Å²) in [6, 6.07) is 24.5. The highest BCUT2D eigenvalue weighted by Crippen LogP contribution is 2.32. The number of nitrogens with zero attached hydrogens (tertiary/aromatic N) is 4. The summed E-state index contributed by atoms with van der Waals surface area (Å²) in [6.07, 6.45) is 3.79. The number of benzene rings is 2. The number of hydrogen-bond acceptors (Lipinski definition) is 8. The zero-order chi connectivity index (χ0) is 33.7. The lowest BCUT2D eigenvalue weighted by molar-refractivity contribution is 0.400. The quantitative estimate of drug-likeness (QED) is 0.108. The van der Waals surface area contributed by atoms with Gasteiger partial charge in [0.15, 0.2) is 0 Å². The van der Waals surface area contributed by atoms with E-state index in [1.54, 1.807) is 16.6 Å². The Labute approximate surface area is 295 Å². The zero-order valence-corrected chi connectivity index (χ0v) is 29.9. The molecule has 0 radical (unpaired) electrons. The first kappa shape index (κ1) is 34.1. The highest BCUT2D eigenvalue weighted by molar-refractivity contribution is 7.91. The zero-order valence-electron chi connectivity index (χ0n) is 26.7. The van der Waals surface area contributed by atoms with Gasteiger partial charge in [-0.15, -0.1) is 11.3 Å². The highest BCUT2D eigenvalue weighted by atomic mass is 35.5. The van der Waals surface area contributed by atoms with Crippen molar-refractivity contribution in [1.82, 2.24) is 19.3 Å². The molecule has 6 rings (SSSR count). The molecule has 0 saturated heterocycles. The number of fused-ring (bicyclic) bond motifs is 2. The van der Waals surface area contributed by atoms with Crippen molar-refractivity contribution in [2.24, 2.45) is 0 Å². The van der Waals surface area contributed by atoms with Crippen LogP contribution in [0.3, 0.4) is 0 Å². The number of nitrogens with one attached hydrogen (secondary N) is 2. The molecule has 6 aromatic rings. The van der Waals surface area contributed by atoms with Gasteiger partial charge in [0, 0.05) is 76.0 Å². The molecule has 2 N–H and O–H groups in total. The predicted octanol–water partition coefficient (Wildman–Crippen LogP) is 9.22. The van der Waals surface area contributed by atoms with Gasteiger partial charge in [-0.05, 0) is 106 Å². The van der Waals surface area contributed by atoms with Gasteiger partial charge in [0.2, 0.25) is 0 Å². The highest BCUT2D eigenvalue weighted by Gasteiger charge is 2.26. The van der Waals surface area contributed by atoms with E-state index in [4.69, 9.17) is 23.2 Å². The Kier molecular flexibility index (Phi) is 10.8. The third kappa shape index (κ3) is 8.07. The van der Waals surface area contributed by atoms with Crippen LogP contribution in [0.1, 0.15) is 30.7 Å². The first-order valence-corrected chi connectivity index (χ1v) is 18.8. The SMILES string of the molecule is Cc1cc(NCCCCN(CCCNc2cc(C)nc3ccc(Cl)cc23)S(=O)(=O)c2ccc(-c3ccccn3)s2)c2cc(Cl)ccc2n1. The average Bonchev–Trinajstić information content (AvgIpc) is 3.58. The van der Waals surface area contributed by atoms with Crippen molar-refractivity contribution in [3.8, 4) is 10.6 Å². The van der Waals surface area contributed by atoms with Gasteiger partial charge >= 0.3 is 0 Å². The number of rotatable bonds is 14. The molecule has 0 unspecified atom stereocenters. The summed E-state index contributed by atoms with van der Waals surface area (Å²) in [7, 11) is -3.73. The van der Waals surface area contributed by atoms with Gasteiger partial charge in [-0.3, -0.25) is 15.0 Å². The Morgan fingerprint density at radius 2 is 1.33 bits per heavy atom. The molecule has 2 aromatic carbocycles. The number of sulfonamides is 1. The van der Waals surface area contributed by atoms with Crippen LogP contribution in [0.2, 0.25) is 10.0 Å². The van der Waals surface area contributed by atoms with Crippen LogP contribution in [-0.4, -0.2) is 53.9 Å². The normalized spacial score (nSPS) is 11.9. The van der Waals surface area contributed by atoms with Gasteiger partial charge in [0.05, 0.1) is 21.6 Å². The second-order valence-electron chi connectivity index (χ2n) is 11.6. The minimum absolute atomic E-state index is 0.315. The standard InChI is InChI=1S/C36H36Cl2N6O2S2/c1-24-20-33(28-22-26(37)9-11-30(28)42-24)40-16-5-6-18-44(48(45,46)36-14-13-35(47-36)32-8-3-4-15-39-32)19-7-17-41-34-21-25(2)43-31-12-10-27(38)23-29(31)34/h3-4,8-15,20-23H,5-7,16-19H2,1-2H3,(H,40,42)(H,41,43). The fraction of sp³-hybridized carbons (Fsp3) is 0.250. The topological polar surface area (TPSA) is 100 Å². The maximum Gasteiger partial charge on any atom is 0.252 e. The summed E-state index contributed by atoms with van der Waals surface area (Å²) in [6.45, 7) is 5.95. The van der Waals surface area contributed by atoms with Crippen LogP contribution >= 0.6 is 34.5 Å². The van der Waals surface area contributed by atoms with Crippen molar-refractivity contribution in [3.05, 3.63) is 106 Å². The van der Waals surface area contributed by atoms with Gasteiger partial charge in [-0.1, -0.05) is 29.3 Å². The van der Waals surface area contributed by atoms with Gasteiger partial charge < -0.3 is 10.6 Å². The third-order valence-corrected chi connectivity index (χ3v) is 11.9. The Bertz CT molecular complexity index is 2160. The van der Waals surface area contributed by atoms with Gasteiger partial charge in [-0.25, -0.2) is 8.42 Å². The molecular weight excluding hydrogens is 683 g/mol. The molecular formula is C36H36Cl2N6O2S2. The van der Waals surface area contributed by atoms with Crippen molar-refractivity contribution in [1.29, 1.82) is 0 Å². The monoisotopic (exact) mass is 718 g/mol. The van der Waals surface area contributed by atoms with Gasteiger partial charge in [0.25, 0.3) is 10.0 Å². The maximum absolute atomic E-state index is 14.0. The molecule has 0 amide bonds. The second kappa shape index (κ2) is 15.2. The molecule has 4 heterocycles. The summed E-state index contributed by atoms with van der Waals surface area (Å²) in [4.78, 5) is 14.4. The van der Waals surface area contributed by atoms with Crippen LogP contribution in [0.5, 0.6) is 0 Å². The Morgan fingerprint density at radius 1 is 0.729 bits per heavy atom. The third-order valence-electron chi connectivity index (χ3n) is 7.94. The van der Waals surface area contributed by atoms with Gasteiger partial charge in [-0.2, -0.15) is 4.31 Å². The molecule has 0 fully saturated rings. The largest absolute Gasteiger partial charge is 0.384 e. The van der Waals surface area contributed by atoms with Crippen LogP contribution in [0.4, 0.5) is 11.4 Å². The number of aromatic nitrogens is 3. The molecule has 0 bridgehead atoms. The van der Waals surface area contributed by atoms with E-state index < -0.39 is 10.0 Å². The lowest BCUT2D eigenvalue weighted by Crippen LogP contribution is -2.33. The molecule has 0 aliphatic heterocycles. The van der Waals surface area contributed by atoms with E-state index in [1.807, 2.05) is 86.6 Å². The van der Waals surface area contributed by atoms with Gasteiger partial charge in [0.1, 0.15) is 4.21 Å². The van der Waals surface area contributed by atoms with Crippen LogP contribution in [0.25, 0.3) is 32.4 Å². The molecule has 248 valence electrons. The molecule has 0 atom stereocenters. The molecule has 8 nitrogen and oxygen atoms in total. The lowest BCUT2D eigenvalue weighted by atomic mass is 10.1. The number of pyridine rings is 3. The number of aryl methyl sites for hydroxylation is 2. The first-order valence-electron chi connectivity index (χ1n) is 15.8. The predicted molar refractivity (Wildman–Crippen MR) is 200 cm³/mol. The van der Waals surface area contributed by atoms with E-state index in [9.17, 15) is 8.42 Å². The van der Waals surface area contributed by atoms with E-state index in [1.165, 1.54) is 11.3 Å². The number of anilines is 2. The van der Waals surface area contributed by atoms with Crippen molar-refractivity contribution >= 4 is 77.7 Å². The number of thiophene rings is 1. The smallest absolute Gasteiger partial charge is 0.252 e. The molecule has 0 aliphatic rings. The number of unbranched alkanes of at least 4 members (excludes halogenated alkanes) is 1. The fourth-order valence-electron chi connectivity index (χ4n) is 5.65. The van der Waals surface area contributed by atoms with E-state index >= 15 is 0 Å². The van der Waals surface area contributed by atoms with Crippen molar-refractivity contribution in [2.75, 3.05) is 36.8 Å². The van der Waals surface area contributed by atoms with Crippen LogP contribution in [0.15, 0.2) is 89.3 Å². The van der Waals surface area contributed by atoms with Crippen LogP contribution in [-0.2, 0) is 10.0 Å². The average molecular weight is 720 g/mol. The summed E-state index contributed by atoms with van der Waals surface area (Å²) in [5, 5.41) is 10.2. The summed E-state index contributed by atoms with van der Waals surface area (Å²) < 4.78 is 30.0. The van der Waals surface area contributed by atoms with Crippen molar-refractivity contribution < 1.29 is 8.42 Å². The fourth-order valence-corrected chi connectivity index (χ4v) is 8.95. The second-order valence-corrected chi connectivity index (χ2v) is 15.7. The van der Waals surface area contributed by atoms with E-state index in [0.29, 0.717) is 53.3 Å². The lowest BCUT2D eigenvalue weighted by Gasteiger charge is -2.22. The molecule has 0 spiro atoms. The summed E-state index contributed by atoms with van der Waals surface area (Å²) >= 11 is 13.8. The minimum atomic E-state index is -3.73. The maximum atomic E-state index is 14.0. The number of hydrogen-bond donors (Lipinski definition) is 2. The van der Waals surface area contributed by atoms with Crippen LogP contribution in [0, 0.1) is 13.8 Å². The minimum Gasteiger partial charge on any atom is -0.384 e. The van der Waals surface area contributed by atoms with E-state index in [-0.39, 0.29) is 0 Å². The molecule has 0 aliphatic carbocycles. The van der Waals surface area contributed by atoms with Crippen molar-refractivity contribution in [3.63, 3.8) is 0 Å². The first-order chi connectivity index (χ1) is 23.2. The molecule has 4 aromatic heterocycles.